The molecule has 0 amide bonds. The summed E-state index contributed by atoms with van der Waals surface area (Å²) in [5.74, 6) is 0. The van der Waals surface area contributed by atoms with Crippen molar-refractivity contribution in [3.63, 3.8) is 0 Å². The number of hydrogen-bond acceptors (Lipinski definition) is 4. The molecule has 0 saturated carbocycles. The topological polar surface area (TPSA) is 40.0 Å². The summed E-state index contributed by atoms with van der Waals surface area (Å²) in [4.78, 5) is 7.09. The van der Waals surface area contributed by atoms with E-state index in [-0.39, 0.29) is 6.04 Å². The monoisotopic (exact) mass is 398 g/mol. The van der Waals surface area contributed by atoms with Crippen LogP contribution in [0.25, 0.3) is 10.2 Å². The van der Waals surface area contributed by atoms with E-state index in [4.69, 9.17) is 17.0 Å². The first kappa shape index (κ1) is 20.0. The molecule has 141 valence electrons. The predicted molar refractivity (Wildman–Crippen MR) is 116 cm³/mol. The van der Waals surface area contributed by atoms with Crippen LogP contribution in [0, 0.1) is 11.5 Å². The van der Waals surface area contributed by atoms with Gasteiger partial charge >= 0.3 is 0 Å². The second-order valence-corrected chi connectivity index (χ2v) is 8.37. The Labute approximate surface area is 170 Å². The Morgan fingerprint density at radius 1 is 1.37 bits per heavy atom. The zero-order valence-corrected chi connectivity index (χ0v) is 17.4. The van der Waals surface area contributed by atoms with Gasteiger partial charge in [0.15, 0.2) is 0 Å². The maximum absolute atomic E-state index is 8.58. The SMILES string of the molecule is CCCCN(Cc1c[c]ccc1)C(C)CC(=N)c1nc2ccc(Cl)cc2s1. The van der Waals surface area contributed by atoms with Crippen molar-refractivity contribution in [3.05, 3.63) is 64.1 Å². The minimum absolute atomic E-state index is 0.278. The number of halogens is 1. The van der Waals surface area contributed by atoms with Crippen molar-refractivity contribution in [2.45, 2.75) is 45.7 Å². The first-order valence-corrected chi connectivity index (χ1v) is 10.6. The van der Waals surface area contributed by atoms with Gasteiger partial charge in [-0.05, 0) is 55.8 Å². The van der Waals surface area contributed by atoms with E-state index < -0.39 is 0 Å². The van der Waals surface area contributed by atoms with Crippen molar-refractivity contribution in [1.29, 1.82) is 5.41 Å². The number of thiazole rings is 1. The Hall–Kier alpha value is -1.75. The van der Waals surface area contributed by atoms with Crippen LogP contribution in [0.15, 0.2) is 42.5 Å². The summed E-state index contributed by atoms with van der Waals surface area (Å²) < 4.78 is 1.04. The highest BCUT2D eigenvalue weighted by molar-refractivity contribution is 7.20. The third-order valence-electron chi connectivity index (χ3n) is 4.69. The molecule has 3 rings (SSSR count). The largest absolute Gasteiger partial charge is 0.302 e. The lowest BCUT2D eigenvalue weighted by molar-refractivity contribution is 0.201. The van der Waals surface area contributed by atoms with Crippen LogP contribution in [0.3, 0.4) is 0 Å². The van der Waals surface area contributed by atoms with Gasteiger partial charge in [0, 0.05) is 24.0 Å². The summed E-state index contributed by atoms with van der Waals surface area (Å²) in [6.45, 7) is 6.35. The van der Waals surface area contributed by atoms with Crippen LogP contribution in [0.1, 0.15) is 43.7 Å². The zero-order valence-electron chi connectivity index (χ0n) is 15.8. The van der Waals surface area contributed by atoms with Crippen LogP contribution in [0.5, 0.6) is 0 Å². The minimum Gasteiger partial charge on any atom is -0.302 e. The molecule has 2 aromatic carbocycles. The van der Waals surface area contributed by atoms with Gasteiger partial charge < -0.3 is 5.41 Å². The number of nitrogens with zero attached hydrogens (tertiary/aromatic N) is 2. The van der Waals surface area contributed by atoms with E-state index in [1.165, 1.54) is 12.0 Å². The minimum atomic E-state index is 0.278. The third kappa shape index (κ3) is 5.38. The van der Waals surface area contributed by atoms with Crippen molar-refractivity contribution >= 4 is 38.9 Å². The number of rotatable bonds is 9. The molecule has 0 aliphatic heterocycles. The Balaban J connectivity index is 1.70. The van der Waals surface area contributed by atoms with Crippen LogP contribution in [0.4, 0.5) is 0 Å². The summed E-state index contributed by atoms with van der Waals surface area (Å²) in [5, 5.41) is 10.1. The standard InChI is InChI=1S/C22H25ClN3S/c1-3-4-12-26(15-17-8-6-5-7-9-17)16(2)13-19(24)22-25-20-11-10-18(23)14-21(20)27-22/h5-6,8-11,14,16,24H,3-4,12-13,15H2,1-2H3. The molecular formula is C22H25ClN3S. The molecule has 3 nitrogen and oxygen atoms in total. The van der Waals surface area contributed by atoms with Crippen molar-refractivity contribution < 1.29 is 0 Å². The molecule has 0 aliphatic rings. The summed E-state index contributed by atoms with van der Waals surface area (Å²) >= 11 is 7.63. The van der Waals surface area contributed by atoms with E-state index >= 15 is 0 Å². The molecule has 1 atom stereocenters. The number of hydrogen-bond donors (Lipinski definition) is 1. The van der Waals surface area contributed by atoms with Crippen molar-refractivity contribution in [2.24, 2.45) is 0 Å². The van der Waals surface area contributed by atoms with Crippen LogP contribution < -0.4 is 0 Å². The highest BCUT2D eigenvalue weighted by Gasteiger charge is 2.18. The Morgan fingerprint density at radius 2 is 2.22 bits per heavy atom. The summed E-state index contributed by atoms with van der Waals surface area (Å²) in [7, 11) is 0. The molecule has 1 radical (unpaired) electrons. The maximum Gasteiger partial charge on any atom is 0.138 e. The quantitative estimate of drug-likeness (QED) is 0.436. The third-order valence-corrected chi connectivity index (χ3v) is 6.00. The number of fused-ring (bicyclic) bond motifs is 1. The lowest BCUT2D eigenvalue weighted by atomic mass is 10.1. The van der Waals surface area contributed by atoms with E-state index in [0.29, 0.717) is 17.2 Å². The van der Waals surface area contributed by atoms with Gasteiger partial charge in [-0.3, -0.25) is 4.90 Å². The fraction of sp³-hybridized carbons (Fsp3) is 0.364. The number of unbranched alkanes of at least 4 members (excludes halogenated alkanes) is 1. The molecule has 5 heteroatoms. The molecular weight excluding hydrogens is 374 g/mol. The van der Waals surface area contributed by atoms with E-state index in [1.54, 1.807) is 11.3 Å². The summed E-state index contributed by atoms with van der Waals surface area (Å²) in [5.41, 5.74) is 2.78. The summed E-state index contributed by atoms with van der Waals surface area (Å²) in [6, 6.07) is 17.3. The molecule has 27 heavy (non-hydrogen) atoms. The highest BCUT2D eigenvalue weighted by Crippen LogP contribution is 2.26. The normalized spacial score (nSPS) is 12.6. The second kappa shape index (κ2) is 9.45. The zero-order chi connectivity index (χ0) is 19.2. The van der Waals surface area contributed by atoms with Crippen LogP contribution in [-0.4, -0.2) is 28.2 Å². The molecule has 1 N–H and O–H groups in total. The van der Waals surface area contributed by atoms with Crippen molar-refractivity contribution in [1.82, 2.24) is 9.88 Å². The van der Waals surface area contributed by atoms with Gasteiger partial charge in [0.25, 0.3) is 0 Å². The molecule has 0 saturated heterocycles. The Kier molecular flexibility index (Phi) is 7.00. The average Bonchev–Trinajstić information content (AvgIpc) is 3.09. The van der Waals surface area contributed by atoms with E-state index in [0.717, 1.165) is 34.7 Å². The number of aromatic nitrogens is 1. The van der Waals surface area contributed by atoms with E-state index in [2.05, 4.69) is 35.9 Å². The fourth-order valence-corrected chi connectivity index (χ4v) is 4.32. The smallest absolute Gasteiger partial charge is 0.138 e. The Morgan fingerprint density at radius 3 is 2.96 bits per heavy atom. The van der Waals surface area contributed by atoms with E-state index in [1.807, 2.05) is 36.4 Å². The molecule has 3 aromatic rings. The molecule has 0 fully saturated rings. The molecule has 0 spiro atoms. The molecule has 0 bridgehead atoms. The van der Waals surface area contributed by atoms with Gasteiger partial charge in [-0.2, -0.15) is 0 Å². The van der Waals surface area contributed by atoms with Crippen LogP contribution in [0.2, 0.25) is 5.02 Å². The fourth-order valence-electron chi connectivity index (χ4n) is 3.12. The Bertz CT molecular complexity index is 891. The van der Waals surface area contributed by atoms with Gasteiger partial charge in [0.1, 0.15) is 5.01 Å². The lowest BCUT2D eigenvalue weighted by Gasteiger charge is -2.29. The van der Waals surface area contributed by atoms with Gasteiger partial charge in [-0.1, -0.05) is 43.1 Å². The van der Waals surface area contributed by atoms with Gasteiger partial charge in [-0.15, -0.1) is 11.3 Å². The molecule has 1 aromatic heterocycles. The first-order valence-electron chi connectivity index (χ1n) is 9.39. The predicted octanol–water partition coefficient (Wildman–Crippen LogP) is 6.20. The molecule has 1 heterocycles. The van der Waals surface area contributed by atoms with Crippen LogP contribution in [-0.2, 0) is 6.54 Å². The van der Waals surface area contributed by atoms with Crippen molar-refractivity contribution in [2.75, 3.05) is 6.54 Å². The first-order chi connectivity index (χ1) is 13.1. The van der Waals surface area contributed by atoms with Gasteiger partial charge in [-0.25, -0.2) is 4.98 Å². The lowest BCUT2D eigenvalue weighted by Crippen LogP contribution is -2.35. The number of benzene rings is 2. The number of nitrogens with one attached hydrogen (secondary N) is 1. The highest BCUT2D eigenvalue weighted by atomic mass is 35.5. The molecule has 0 aliphatic carbocycles. The van der Waals surface area contributed by atoms with Gasteiger partial charge in [0.2, 0.25) is 0 Å². The average molecular weight is 399 g/mol. The van der Waals surface area contributed by atoms with E-state index in [9.17, 15) is 0 Å². The van der Waals surface area contributed by atoms with Gasteiger partial charge in [0.05, 0.1) is 15.9 Å². The summed E-state index contributed by atoms with van der Waals surface area (Å²) in [6.07, 6.45) is 3.02. The van der Waals surface area contributed by atoms with Crippen LogP contribution >= 0.6 is 22.9 Å². The molecule has 1 unspecified atom stereocenters. The maximum atomic E-state index is 8.58. The van der Waals surface area contributed by atoms with Crippen molar-refractivity contribution in [3.8, 4) is 0 Å². The second-order valence-electron chi connectivity index (χ2n) is 6.90.